The number of hydrogen-bond donors (Lipinski definition) is 3. The lowest BCUT2D eigenvalue weighted by Gasteiger charge is -2.32. The highest BCUT2D eigenvalue weighted by atomic mass is 35.5. The number of nitrogens with one attached hydrogen (secondary N) is 1. The van der Waals surface area contributed by atoms with Crippen molar-refractivity contribution < 1.29 is 19.4 Å². The minimum atomic E-state index is -2.36. The highest BCUT2D eigenvalue weighted by Gasteiger charge is 2.47. The first-order valence-corrected chi connectivity index (χ1v) is 8.35. The Kier molecular flexibility index (Phi) is 4.97. The van der Waals surface area contributed by atoms with Crippen molar-refractivity contribution in [1.82, 2.24) is 4.98 Å². The van der Waals surface area contributed by atoms with Crippen LogP contribution in [0.25, 0.3) is 0 Å². The van der Waals surface area contributed by atoms with Gasteiger partial charge in [-0.05, 0) is 31.0 Å². The number of halogens is 3. The molecule has 1 aromatic heterocycles. The molecule has 8 heteroatoms. The molecule has 0 bridgehead atoms. The number of carbonyl (C=O) groups excluding carboxylic acids is 1. The molecule has 1 aliphatic carbocycles. The summed E-state index contributed by atoms with van der Waals surface area (Å²) in [5.41, 5.74) is -1.81. The molecule has 0 fully saturated rings. The summed E-state index contributed by atoms with van der Waals surface area (Å²) in [5, 5.41) is 22.3. The summed E-state index contributed by atoms with van der Waals surface area (Å²) in [4.78, 5) is 16.7. The van der Waals surface area contributed by atoms with Crippen molar-refractivity contribution in [2.75, 3.05) is 5.32 Å². The summed E-state index contributed by atoms with van der Waals surface area (Å²) in [6.07, 6.45) is 0.388. The van der Waals surface area contributed by atoms with Gasteiger partial charge in [-0.1, -0.05) is 29.3 Å². The van der Waals surface area contributed by atoms with Gasteiger partial charge < -0.3 is 15.5 Å². The third kappa shape index (κ3) is 3.22. The molecule has 0 unspecified atom stereocenters. The zero-order chi connectivity index (χ0) is 18.2. The number of pyridine rings is 1. The van der Waals surface area contributed by atoms with Crippen LogP contribution in [0.15, 0.2) is 30.5 Å². The van der Waals surface area contributed by atoms with Gasteiger partial charge in [-0.2, -0.15) is 0 Å². The van der Waals surface area contributed by atoms with Gasteiger partial charge in [0.1, 0.15) is 0 Å². The van der Waals surface area contributed by atoms with E-state index in [0.717, 1.165) is 0 Å². The maximum absolute atomic E-state index is 15.6. The van der Waals surface area contributed by atoms with E-state index in [1.54, 1.807) is 0 Å². The van der Waals surface area contributed by atoms with Crippen molar-refractivity contribution in [2.45, 2.75) is 31.2 Å². The average Bonchev–Trinajstić information content (AvgIpc) is 2.60. The molecule has 5 nitrogen and oxygen atoms in total. The van der Waals surface area contributed by atoms with E-state index in [4.69, 9.17) is 23.2 Å². The van der Waals surface area contributed by atoms with Gasteiger partial charge in [-0.3, -0.25) is 9.78 Å². The Hall–Kier alpha value is -1.73. The second-order valence-corrected chi connectivity index (χ2v) is 6.67. The topological polar surface area (TPSA) is 82.5 Å². The van der Waals surface area contributed by atoms with Crippen molar-refractivity contribution in [3.8, 4) is 0 Å². The van der Waals surface area contributed by atoms with Crippen LogP contribution in [0, 0.1) is 0 Å². The molecule has 1 aromatic carbocycles. The normalized spacial score (nSPS) is 22.4. The lowest BCUT2D eigenvalue weighted by atomic mass is 9.81. The number of aromatic nitrogens is 1. The van der Waals surface area contributed by atoms with Crippen molar-refractivity contribution in [2.24, 2.45) is 0 Å². The number of aliphatic hydroxyl groups excluding tert-OH is 2. The summed E-state index contributed by atoms with van der Waals surface area (Å²) in [6, 6.07) is 5.77. The monoisotopic (exact) mass is 384 g/mol. The second kappa shape index (κ2) is 6.88. The fourth-order valence-electron chi connectivity index (χ4n) is 2.97. The van der Waals surface area contributed by atoms with E-state index < -0.39 is 24.3 Å². The fourth-order valence-corrected chi connectivity index (χ4v) is 3.55. The Labute approximate surface area is 153 Å². The van der Waals surface area contributed by atoms with Crippen LogP contribution >= 0.6 is 23.2 Å². The Balaban J connectivity index is 1.99. The van der Waals surface area contributed by atoms with Crippen LogP contribution < -0.4 is 5.32 Å². The van der Waals surface area contributed by atoms with Crippen LogP contribution in [0.3, 0.4) is 0 Å². The highest BCUT2D eigenvalue weighted by Crippen LogP contribution is 2.43. The van der Waals surface area contributed by atoms with Gasteiger partial charge in [0.25, 0.3) is 5.91 Å². The molecule has 0 aliphatic heterocycles. The van der Waals surface area contributed by atoms with Gasteiger partial charge in [-0.25, -0.2) is 4.39 Å². The summed E-state index contributed by atoms with van der Waals surface area (Å²) in [7, 11) is 0. The second-order valence-electron chi connectivity index (χ2n) is 5.83. The highest BCUT2D eigenvalue weighted by molar-refractivity contribution is 6.37. The molecule has 2 aromatic rings. The molecule has 0 saturated heterocycles. The van der Waals surface area contributed by atoms with Crippen molar-refractivity contribution >= 4 is 34.8 Å². The van der Waals surface area contributed by atoms with Crippen LogP contribution in [0.4, 0.5) is 10.1 Å². The molecule has 3 N–H and O–H groups in total. The zero-order valence-corrected chi connectivity index (χ0v) is 14.5. The smallest absolute Gasteiger partial charge is 0.266 e. The molecule has 0 spiro atoms. The summed E-state index contributed by atoms with van der Waals surface area (Å²) < 4.78 is 15.6. The molecule has 25 heavy (non-hydrogen) atoms. The number of benzene rings is 1. The van der Waals surface area contributed by atoms with Crippen molar-refractivity contribution in [3.63, 3.8) is 0 Å². The molecule has 0 saturated carbocycles. The molecular formula is C17H15Cl2FN2O3. The Morgan fingerprint density at radius 1 is 1.44 bits per heavy atom. The van der Waals surface area contributed by atoms with Crippen molar-refractivity contribution in [3.05, 3.63) is 57.3 Å². The van der Waals surface area contributed by atoms with E-state index in [9.17, 15) is 15.0 Å². The number of aliphatic hydroxyl groups is 2. The SMILES string of the molecule is O=C(Nc1c(Cl)cc(Cl)cc1CO)[C@]1(F)CC[C@H](O)c2ncccc21. The third-order valence-electron chi connectivity index (χ3n) is 4.25. The minimum Gasteiger partial charge on any atom is -0.392 e. The van der Waals surface area contributed by atoms with Crippen LogP contribution in [-0.4, -0.2) is 21.1 Å². The number of rotatable bonds is 3. The maximum atomic E-state index is 15.6. The lowest BCUT2D eigenvalue weighted by Crippen LogP contribution is -2.40. The molecule has 2 atom stereocenters. The van der Waals surface area contributed by atoms with Crippen LogP contribution in [0.5, 0.6) is 0 Å². The first-order chi connectivity index (χ1) is 11.9. The Morgan fingerprint density at radius 3 is 2.92 bits per heavy atom. The van der Waals surface area contributed by atoms with Gasteiger partial charge in [0.2, 0.25) is 5.67 Å². The van der Waals surface area contributed by atoms with Gasteiger partial charge in [0.15, 0.2) is 0 Å². The van der Waals surface area contributed by atoms with E-state index in [0.29, 0.717) is 0 Å². The number of carbonyl (C=O) groups is 1. The van der Waals surface area contributed by atoms with E-state index >= 15 is 4.39 Å². The summed E-state index contributed by atoms with van der Waals surface area (Å²) >= 11 is 12.0. The van der Waals surface area contributed by atoms with Gasteiger partial charge in [0.05, 0.1) is 29.1 Å². The number of amides is 1. The average molecular weight is 385 g/mol. The number of alkyl halides is 1. The van der Waals surface area contributed by atoms with Gasteiger partial charge >= 0.3 is 0 Å². The van der Waals surface area contributed by atoms with Crippen LogP contribution in [-0.2, 0) is 17.1 Å². The third-order valence-corrected chi connectivity index (χ3v) is 4.77. The van der Waals surface area contributed by atoms with Gasteiger partial charge in [-0.15, -0.1) is 0 Å². The zero-order valence-electron chi connectivity index (χ0n) is 13.0. The first kappa shape index (κ1) is 18.1. The number of fused-ring (bicyclic) bond motifs is 1. The fraction of sp³-hybridized carbons (Fsp3) is 0.294. The summed E-state index contributed by atoms with van der Waals surface area (Å²) in [5.74, 6) is -0.937. The van der Waals surface area contributed by atoms with Gasteiger partial charge in [0, 0.05) is 22.3 Å². The number of nitrogens with zero attached hydrogens (tertiary/aromatic N) is 1. The van der Waals surface area contributed by atoms with Crippen LogP contribution in [0.1, 0.15) is 35.8 Å². The predicted molar refractivity (Wildman–Crippen MR) is 92.2 cm³/mol. The molecule has 1 aliphatic rings. The predicted octanol–water partition coefficient (Wildman–Crippen LogP) is 3.51. The molecule has 1 amide bonds. The number of anilines is 1. The van der Waals surface area contributed by atoms with E-state index in [-0.39, 0.29) is 45.4 Å². The van der Waals surface area contributed by atoms with Crippen LogP contribution in [0.2, 0.25) is 10.0 Å². The molecule has 1 heterocycles. The largest absolute Gasteiger partial charge is 0.392 e. The molecule has 0 radical (unpaired) electrons. The Bertz CT molecular complexity index is 834. The number of hydrogen-bond acceptors (Lipinski definition) is 4. The van der Waals surface area contributed by atoms with E-state index in [1.165, 1.54) is 30.5 Å². The molecule has 3 rings (SSSR count). The minimum absolute atomic E-state index is 0.0295. The molecule has 132 valence electrons. The quantitative estimate of drug-likeness (QED) is 0.755. The van der Waals surface area contributed by atoms with E-state index in [1.807, 2.05) is 0 Å². The maximum Gasteiger partial charge on any atom is 0.266 e. The molecular weight excluding hydrogens is 370 g/mol. The first-order valence-electron chi connectivity index (χ1n) is 7.59. The summed E-state index contributed by atoms with van der Waals surface area (Å²) in [6.45, 7) is -0.425. The standard InChI is InChI=1S/C17H15Cl2FN2O3/c18-10-6-9(8-23)14(12(19)7-10)22-16(25)17(20)4-3-13(24)15-11(17)2-1-5-21-15/h1-2,5-7,13,23-24H,3-4,8H2,(H,22,25)/t13-,17-/m0/s1. The van der Waals surface area contributed by atoms with Crippen molar-refractivity contribution in [1.29, 1.82) is 0 Å². The lowest BCUT2D eigenvalue weighted by molar-refractivity contribution is -0.129. The van der Waals surface area contributed by atoms with E-state index in [2.05, 4.69) is 10.3 Å². The Morgan fingerprint density at radius 2 is 2.20 bits per heavy atom.